The average Bonchev–Trinajstić information content (AvgIpc) is 3.21. The molecular weight excluding hydrogens is 384 g/mol. The Morgan fingerprint density at radius 3 is 2.83 bits per heavy atom. The number of ether oxygens (including phenoxy) is 1. The summed E-state index contributed by atoms with van der Waals surface area (Å²) in [6, 6.07) is 5.67. The lowest BCUT2D eigenvalue weighted by Crippen LogP contribution is -2.52. The molecule has 3 heterocycles. The quantitative estimate of drug-likeness (QED) is 0.455. The van der Waals surface area contributed by atoms with Gasteiger partial charge in [0.25, 0.3) is 5.91 Å². The van der Waals surface area contributed by atoms with Crippen molar-refractivity contribution in [2.75, 3.05) is 13.2 Å². The second kappa shape index (κ2) is 8.45. The SMILES string of the molecule is CC1(C)N[C@@H](CCCNCc2cccc3c2C(=O)N(C2CCC(=O)NC2=O)C3)CO1. The summed E-state index contributed by atoms with van der Waals surface area (Å²) >= 11 is 0. The maximum absolute atomic E-state index is 13.1. The third-order valence-electron chi connectivity index (χ3n) is 6.06. The van der Waals surface area contributed by atoms with Crippen LogP contribution in [-0.4, -0.2) is 53.6 Å². The van der Waals surface area contributed by atoms with E-state index >= 15 is 0 Å². The third kappa shape index (κ3) is 4.40. The highest BCUT2D eigenvalue weighted by molar-refractivity contribution is 6.05. The Morgan fingerprint density at radius 2 is 2.10 bits per heavy atom. The molecule has 3 N–H and O–H groups in total. The van der Waals surface area contributed by atoms with Crippen molar-refractivity contribution in [3.8, 4) is 0 Å². The molecule has 1 aromatic rings. The fourth-order valence-corrected chi connectivity index (χ4v) is 4.57. The molecule has 0 saturated carbocycles. The van der Waals surface area contributed by atoms with E-state index in [9.17, 15) is 14.4 Å². The number of carbonyl (C=O) groups is 3. The monoisotopic (exact) mass is 414 g/mol. The van der Waals surface area contributed by atoms with Crippen molar-refractivity contribution < 1.29 is 19.1 Å². The van der Waals surface area contributed by atoms with Crippen LogP contribution in [0.5, 0.6) is 0 Å². The van der Waals surface area contributed by atoms with Gasteiger partial charge in [-0.3, -0.25) is 25.0 Å². The van der Waals surface area contributed by atoms with Gasteiger partial charge in [-0.2, -0.15) is 0 Å². The van der Waals surface area contributed by atoms with Crippen LogP contribution in [0.4, 0.5) is 0 Å². The molecule has 8 nitrogen and oxygen atoms in total. The molecule has 0 spiro atoms. The van der Waals surface area contributed by atoms with E-state index in [1.807, 2.05) is 32.0 Å². The van der Waals surface area contributed by atoms with E-state index in [1.165, 1.54) is 0 Å². The topological polar surface area (TPSA) is 99.8 Å². The summed E-state index contributed by atoms with van der Waals surface area (Å²) in [4.78, 5) is 38.3. The van der Waals surface area contributed by atoms with Gasteiger partial charge in [-0.1, -0.05) is 18.2 Å². The maximum Gasteiger partial charge on any atom is 0.255 e. The molecule has 4 rings (SSSR count). The predicted octanol–water partition coefficient (Wildman–Crippen LogP) is 1.04. The number of piperidine rings is 1. The van der Waals surface area contributed by atoms with E-state index in [0.717, 1.165) is 37.1 Å². The number of nitrogens with one attached hydrogen (secondary N) is 3. The lowest BCUT2D eigenvalue weighted by molar-refractivity contribution is -0.136. The second-order valence-corrected chi connectivity index (χ2v) is 8.83. The van der Waals surface area contributed by atoms with Gasteiger partial charge in [0.15, 0.2) is 0 Å². The highest BCUT2D eigenvalue weighted by atomic mass is 16.5. The fraction of sp³-hybridized carbons (Fsp3) is 0.591. The first-order valence-corrected chi connectivity index (χ1v) is 10.7. The Labute approximate surface area is 176 Å². The Balaban J connectivity index is 1.31. The predicted molar refractivity (Wildman–Crippen MR) is 110 cm³/mol. The van der Waals surface area contributed by atoms with Crippen molar-refractivity contribution in [3.05, 3.63) is 34.9 Å². The van der Waals surface area contributed by atoms with Crippen molar-refractivity contribution in [2.24, 2.45) is 0 Å². The van der Waals surface area contributed by atoms with Crippen molar-refractivity contribution in [2.45, 2.75) is 70.4 Å². The van der Waals surface area contributed by atoms with E-state index in [2.05, 4.69) is 16.0 Å². The molecule has 1 aromatic carbocycles. The van der Waals surface area contributed by atoms with Crippen LogP contribution in [0, 0.1) is 0 Å². The molecule has 30 heavy (non-hydrogen) atoms. The summed E-state index contributed by atoms with van der Waals surface area (Å²) in [7, 11) is 0. The van der Waals surface area contributed by atoms with Crippen LogP contribution in [-0.2, 0) is 27.4 Å². The van der Waals surface area contributed by atoms with Gasteiger partial charge in [0, 0.05) is 31.1 Å². The molecule has 3 amide bonds. The standard InChI is InChI=1S/C22H30N4O4/c1-22(2)25-16(13-30-22)7-4-10-23-11-14-5-3-6-15-12-26(21(29)19(14)15)17-8-9-18(27)24-20(17)28/h3,5-6,16-17,23,25H,4,7-13H2,1-2H3,(H,24,27,28)/t16-,17?/m0/s1. The number of hydrogen-bond acceptors (Lipinski definition) is 6. The summed E-state index contributed by atoms with van der Waals surface area (Å²) < 4.78 is 5.69. The summed E-state index contributed by atoms with van der Waals surface area (Å²) in [5, 5.41) is 9.26. The molecule has 0 aliphatic carbocycles. The first-order valence-electron chi connectivity index (χ1n) is 10.7. The minimum absolute atomic E-state index is 0.119. The number of imide groups is 1. The molecule has 3 aliphatic heterocycles. The van der Waals surface area contributed by atoms with Gasteiger partial charge >= 0.3 is 0 Å². The molecule has 8 heteroatoms. The van der Waals surface area contributed by atoms with Crippen LogP contribution in [0.25, 0.3) is 0 Å². The Kier molecular flexibility index (Phi) is 5.90. The van der Waals surface area contributed by atoms with E-state index in [-0.39, 0.29) is 29.9 Å². The van der Waals surface area contributed by atoms with Gasteiger partial charge in [0.1, 0.15) is 11.8 Å². The van der Waals surface area contributed by atoms with Gasteiger partial charge in [-0.05, 0) is 50.8 Å². The molecule has 0 radical (unpaired) electrons. The first kappa shape index (κ1) is 21.0. The first-order chi connectivity index (χ1) is 14.3. The molecule has 162 valence electrons. The average molecular weight is 415 g/mol. The zero-order valence-electron chi connectivity index (χ0n) is 17.6. The van der Waals surface area contributed by atoms with E-state index in [1.54, 1.807) is 4.90 Å². The molecule has 0 bridgehead atoms. The van der Waals surface area contributed by atoms with Crippen molar-refractivity contribution in [1.82, 2.24) is 20.9 Å². The largest absolute Gasteiger partial charge is 0.360 e. The third-order valence-corrected chi connectivity index (χ3v) is 6.06. The summed E-state index contributed by atoms with van der Waals surface area (Å²) in [5.74, 6) is -0.764. The zero-order chi connectivity index (χ0) is 21.3. The Bertz CT molecular complexity index is 854. The maximum atomic E-state index is 13.1. The normalized spacial score (nSPS) is 25.5. The van der Waals surface area contributed by atoms with Crippen LogP contribution in [0.1, 0.15) is 61.0 Å². The van der Waals surface area contributed by atoms with Crippen molar-refractivity contribution in [1.29, 1.82) is 0 Å². The molecule has 2 atom stereocenters. The Hall–Kier alpha value is -2.29. The summed E-state index contributed by atoms with van der Waals surface area (Å²) in [6.45, 7) is 6.69. The molecule has 0 aromatic heterocycles. The number of carbonyl (C=O) groups excluding carboxylic acids is 3. The lowest BCUT2D eigenvalue weighted by atomic mass is 10.0. The van der Waals surface area contributed by atoms with Crippen LogP contribution in [0.3, 0.4) is 0 Å². The smallest absolute Gasteiger partial charge is 0.255 e. The van der Waals surface area contributed by atoms with Crippen LogP contribution in [0.2, 0.25) is 0 Å². The summed E-state index contributed by atoms with van der Waals surface area (Å²) in [6.07, 6.45) is 2.70. The van der Waals surface area contributed by atoms with E-state index in [0.29, 0.717) is 31.1 Å². The number of rotatable bonds is 7. The van der Waals surface area contributed by atoms with Gasteiger partial charge in [-0.15, -0.1) is 0 Å². The van der Waals surface area contributed by atoms with Crippen molar-refractivity contribution >= 4 is 17.7 Å². The second-order valence-electron chi connectivity index (χ2n) is 8.83. The van der Waals surface area contributed by atoms with E-state index in [4.69, 9.17) is 4.74 Å². The van der Waals surface area contributed by atoms with Crippen LogP contribution >= 0.6 is 0 Å². The number of hydrogen-bond donors (Lipinski definition) is 3. The van der Waals surface area contributed by atoms with Gasteiger partial charge in [-0.25, -0.2) is 0 Å². The number of amides is 3. The minimum atomic E-state index is -0.575. The van der Waals surface area contributed by atoms with E-state index < -0.39 is 6.04 Å². The van der Waals surface area contributed by atoms with Crippen LogP contribution in [0.15, 0.2) is 18.2 Å². The van der Waals surface area contributed by atoms with Crippen LogP contribution < -0.4 is 16.0 Å². The number of nitrogens with zero attached hydrogens (tertiary/aromatic N) is 1. The molecule has 1 unspecified atom stereocenters. The minimum Gasteiger partial charge on any atom is -0.360 e. The van der Waals surface area contributed by atoms with Gasteiger partial charge < -0.3 is 15.0 Å². The number of fused-ring (bicyclic) bond motifs is 1. The van der Waals surface area contributed by atoms with Crippen molar-refractivity contribution in [3.63, 3.8) is 0 Å². The zero-order valence-corrected chi connectivity index (χ0v) is 17.6. The Morgan fingerprint density at radius 1 is 1.27 bits per heavy atom. The highest BCUT2D eigenvalue weighted by Crippen LogP contribution is 2.29. The molecule has 3 aliphatic rings. The number of benzene rings is 1. The lowest BCUT2D eigenvalue weighted by Gasteiger charge is -2.29. The highest BCUT2D eigenvalue weighted by Gasteiger charge is 2.39. The van der Waals surface area contributed by atoms with Gasteiger partial charge in [0.2, 0.25) is 11.8 Å². The van der Waals surface area contributed by atoms with Gasteiger partial charge in [0.05, 0.1) is 6.61 Å². The summed E-state index contributed by atoms with van der Waals surface area (Å²) in [5.41, 5.74) is 2.36. The molecular formula is C22H30N4O4. The molecule has 2 fully saturated rings. The fourth-order valence-electron chi connectivity index (χ4n) is 4.57. The molecule has 2 saturated heterocycles.